The molecule has 106 valence electrons. The molecule has 0 aliphatic heterocycles. The molecular formula is C12H17ClN2O3S. The Kier molecular flexibility index (Phi) is 5.62. The number of nitrogens with two attached hydrogens (primary N) is 1. The molecule has 1 aromatic carbocycles. The second-order valence-corrected chi connectivity index (χ2v) is 6.84. The molecule has 3 N–H and O–H groups in total. The van der Waals surface area contributed by atoms with Crippen LogP contribution in [0.25, 0.3) is 0 Å². The van der Waals surface area contributed by atoms with Gasteiger partial charge in [0.2, 0.25) is 0 Å². The predicted molar refractivity (Wildman–Crippen MR) is 76.9 cm³/mol. The number of ether oxygens (including phenoxy) is 1. The molecule has 0 aliphatic carbocycles. The Balaban J connectivity index is 2.64. The van der Waals surface area contributed by atoms with E-state index in [1.807, 2.05) is 0 Å². The molecule has 19 heavy (non-hydrogen) atoms. The molecule has 0 amide bonds. The van der Waals surface area contributed by atoms with Crippen molar-refractivity contribution in [2.75, 3.05) is 18.1 Å². The van der Waals surface area contributed by atoms with Gasteiger partial charge in [0.05, 0.1) is 22.9 Å². The van der Waals surface area contributed by atoms with Crippen molar-refractivity contribution in [1.82, 2.24) is 0 Å². The summed E-state index contributed by atoms with van der Waals surface area (Å²) in [6.07, 6.45) is 0.389. The molecule has 0 saturated heterocycles. The van der Waals surface area contributed by atoms with Gasteiger partial charge in [-0.3, -0.25) is 5.41 Å². The van der Waals surface area contributed by atoms with E-state index in [2.05, 4.69) is 0 Å². The molecule has 5 nitrogen and oxygen atoms in total. The molecule has 0 atom stereocenters. The molecular weight excluding hydrogens is 288 g/mol. The van der Waals surface area contributed by atoms with Crippen LogP contribution in [0.5, 0.6) is 5.75 Å². The minimum atomic E-state index is -2.98. The Hall–Kier alpha value is -1.27. The van der Waals surface area contributed by atoms with Crippen molar-refractivity contribution in [3.05, 3.63) is 28.8 Å². The second-order valence-electron chi connectivity index (χ2n) is 3.97. The van der Waals surface area contributed by atoms with E-state index >= 15 is 0 Å². The average molecular weight is 305 g/mol. The van der Waals surface area contributed by atoms with Gasteiger partial charge in [-0.15, -0.1) is 0 Å². The Morgan fingerprint density at radius 3 is 2.74 bits per heavy atom. The van der Waals surface area contributed by atoms with Crippen LogP contribution in [0.2, 0.25) is 5.02 Å². The fourth-order valence-electron chi connectivity index (χ4n) is 1.49. The Morgan fingerprint density at radius 2 is 2.16 bits per heavy atom. The van der Waals surface area contributed by atoms with Crippen LogP contribution in [-0.4, -0.2) is 32.4 Å². The first-order valence-corrected chi connectivity index (χ1v) is 8.03. The molecule has 0 aliphatic rings. The highest BCUT2D eigenvalue weighted by Gasteiger charge is 2.12. The summed E-state index contributed by atoms with van der Waals surface area (Å²) in [4.78, 5) is 0. The van der Waals surface area contributed by atoms with Gasteiger partial charge in [-0.05, 0) is 18.6 Å². The summed E-state index contributed by atoms with van der Waals surface area (Å²) < 4.78 is 28.1. The van der Waals surface area contributed by atoms with E-state index in [4.69, 9.17) is 27.5 Å². The van der Waals surface area contributed by atoms with Gasteiger partial charge in [0.15, 0.2) is 0 Å². The van der Waals surface area contributed by atoms with Gasteiger partial charge in [0.1, 0.15) is 21.4 Å². The third kappa shape index (κ3) is 4.72. The summed E-state index contributed by atoms with van der Waals surface area (Å²) in [5, 5.41) is 7.78. The van der Waals surface area contributed by atoms with E-state index in [1.54, 1.807) is 25.1 Å². The van der Waals surface area contributed by atoms with E-state index in [0.29, 0.717) is 22.8 Å². The summed E-state index contributed by atoms with van der Waals surface area (Å²) in [5.41, 5.74) is 5.77. The summed E-state index contributed by atoms with van der Waals surface area (Å²) in [6.45, 7) is 1.85. The van der Waals surface area contributed by atoms with Gasteiger partial charge < -0.3 is 10.5 Å². The van der Waals surface area contributed by atoms with Crippen LogP contribution in [0.15, 0.2) is 18.2 Å². The number of hydrogen-bond donors (Lipinski definition) is 2. The zero-order valence-corrected chi connectivity index (χ0v) is 12.2. The summed E-state index contributed by atoms with van der Waals surface area (Å²) in [5.74, 6) is 0.429. The lowest BCUT2D eigenvalue weighted by molar-refractivity contribution is 0.317. The number of rotatable bonds is 7. The molecule has 0 radical (unpaired) electrons. The largest absolute Gasteiger partial charge is 0.493 e. The number of halogens is 1. The first kappa shape index (κ1) is 15.8. The van der Waals surface area contributed by atoms with E-state index in [-0.39, 0.29) is 23.9 Å². The Labute approximate surface area is 118 Å². The number of benzene rings is 1. The lowest BCUT2D eigenvalue weighted by atomic mass is 10.2. The van der Waals surface area contributed by atoms with Crippen molar-refractivity contribution < 1.29 is 13.2 Å². The molecule has 0 bridgehead atoms. The molecule has 0 heterocycles. The monoisotopic (exact) mass is 304 g/mol. The lowest BCUT2D eigenvalue weighted by Gasteiger charge is -2.11. The molecule has 0 saturated carbocycles. The zero-order valence-electron chi connectivity index (χ0n) is 10.6. The standard InChI is InChI=1S/C12H17ClN2O3S/c1-2-19(16,17)8-4-7-18-10-6-3-5-9(13)11(10)12(14)15/h3,5-6H,2,4,7-8H2,1H3,(H3,14,15). The molecule has 1 aromatic rings. The van der Waals surface area contributed by atoms with Crippen LogP contribution >= 0.6 is 11.6 Å². The summed E-state index contributed by atoms with van der Waals surface area (Å²) in [7, 11) is -2.98. The van der Waals surface area contributed by atoms with Crippen LogP contribution in [0, 0.1) is 5.41 Å². The van der Waals surface area contributed by atoms with Crippen LogP contribution in [0.3, 0.4) is 0 Å². The maximum atomic E-state index is 11.3. The fraction of sp³-hybridized carbons (Fsp3) is 0.417. The molecule has 0 fully saturated rings. The van der Waals surface area contributed by atoms with Crippen LogP contribution in [0.1, 0.15) is 18.9 Å². The predicted octanol–water partition coefficient (Wildman–Crippen LogP) is 1.83. The second kappa shape index (κ2) is 6.77. The van der Waals surface area contributed by atoms with E-state index in [9.17, 15) is 8.42 Å². The zero-order chi connectivity index (χ0) is 14.5. The maximum Gasteiger partial charge on any atom is 0.150 e. The van der Waals surface area contributed by atoms with Crippen molar-refractivity contribution in [3.63, 3.8) is 0 Å². The van der Waals surface area contributed by atoms with Gasteiger partial charge in [0.25, 0.3) is 0 Å². The molecule has 1 rings (SSSR count). The highest BCUT2D eigenvalue weighted by atomic mass is 35.5. The van der Waals surface area contributed by atoms with E-state index < -0.39 is 9.84 Å². The fourth-order valence-corrected chi connectivity index (χ4v) is 2.61. The van der Waals surface area contributed by atoms with Crippen LogP contribution in [-0.2, 0) is 9.84 Å². The quantitative estimate of drug-likeness (QED) is 0.456. The number of amidine groups is 1. The van der Waals surface area contributed by atoms with Crippen molar-refractivity contribution in [3.8, 4) is 5.75 Å². The number of hydrogen-bond acceptors (Lipinski definition) is 4. The number of sulfone groups is 1. The SMILES string of the molecule is CCS(=O)(=O)CCCOc1cccc(Cl)c1C(=N)N. The number of nitrogen functional groups attached to an aromatic ring is 1. The van der Waals surface area contributed by atoms with Crippen LogP contribution < -0.4 is 10.5 Å². The minimum absolute atomic E-state index is 0.0828. The third-order valence-electron chi connectivity index (χ3n) is 2.54. The van der Waals surface area contributed by atoms with Gasteiger partial charge in [0, 0.05) is 5.75 Å². The topological polar surface area (TPSA) is 93.2 Å². The molecule has 0 aromatic heterocycles. The molecule has 7 heteroatoms. The highest BCUT2D eigenvalue weighted by molar-refractivity contribution is 7.91. The van der Waals surface area contributed by atoms with E-state index in [0.717, 1.165) is 0 Å². The van der Waals surface area contributed by atoms with Crippen molar-refractivity contribution >= 4 is 27.3 Å². The first-order valence-electron chi connectivity index (χ1n) is 5.83. The maximum absolute atomic E-state index is 11.3. The van der Waals surface area contributed by atoms with Crippen molar-refractivity contribution in [2.24, 2.45) is 5.73 Å². The smallest absolute Gasteiger partial charge is 0.150 e. The first-order chi connectivity index (χ1) is 8.87. The van der Waals surface area contributed by atoms with Crippen molar-refractivity contribution in [1.29, 1.82) is 5.41 Å². The van der Waals surface area contributed by atoms with Gasteiger partial charge in [-0.2, -0.15) is 0 Å². The summed E-state index contributed by atoms with van der Waals surface area (Å²) in [6, 6.07) is 4.95. The average Bonchev–Trinajstić information content (AvgIpc) is 2.34. The van der Waals surface area contributed by atoms with Crippen molar-refractivity contribution in [2.45, 2.75) is 13.3 Å². The lowest BCUT2D eigenvalue weighted by Crippen LogP contribution is -2.15. The third-order valence-corrected chi connectivity index (χ3v) is 4.65. The number of nitrogens with one attached hydrogen (secondary N) is 1. The molecule has 0 spiro atoms. The summed E-state index contributed by atoms with van der Waals surface area (Å²) >= 11 is 5.94. The minimum Gasteiger partial charge on any atom is -0.493 e. The van der Waals surface area contributed by atoms with Crippen LogP contribution in [0.4, 0.5) is 0 Å². The van der Waals surface area contributed by atoms with E-state index in [1.165, 1.54) is 0 Å². The van der Waals surface area contributed by atoms with Gasteiger partial charge >= 0.3 is 0 Å². The normalized spacial score (nSPS) is 11.3. The van der Waals surface area contributed by atoms with Gasteiger partial charge in [-0.25, -0.2) is 8.42 Å². The Bertz CT molecular complexity index is 558. The van der Waals surface area contributed by atoms with Gasteiger partial charge in [-0.1, -0.05) is 24.6 Å². The molecule has 0 unspecified atom stereocenters. The Morgan fingerprint density at radius 1 is 1.47 bits per heavy atom. The highest BCUT2D eigenvalue weighted by Crippen LogP contribution is 2.25.